The minimum absolute atomic E-state index is 0.412. The van der Waals surface area contributed by atoms with Crippen LogP contribution < -0.4 is 0 Å². The van der Waals surface area contributed by atoms with Gasteiger partial charge in [0.2, 0.25) is 0 Å². The van der Waals surface area contributed by atoms with Gasteiger partial charge in [0.15, 0.2) is 0 Å². The first-order valence-corrected chi connectivity index (χ1v) is 4.70. The fraction of sp³-hybridized carbons (Fsp3) is 0.900. The van der Waals surface area contributed by atoms with E-state index in [1.165, 1.54) is 31.4 Å². The van der Waals surface area contributed by atoms with Crippen molar-refractivity contribution in [3.63, 3.8) is 0 Å². The molecular weight excluding hydrogens is 134 g/mol. The first-order valence-electron chi connectivity index (χ1n) is 4.70. The van der Waals surface area contributed by atoms with Crippen LogP contribution in [0.2, 0.25) is 0 Å². The molecule has 0 saturated heterocycles. The molecule has 1 aliphatic rings. The summed E-state index contributed by atoms with van der Waals surface area (Å²) in [6.45, 7) is 7.93. The Hall–Kier alpha value is -0.330. The molecule has 0 saturated carbocycles. The average Bonchev–Trinajstić information content (AvgIpc) is 2.25. The van der Waals surface area contributed by atoms with Crippen LogP contribution in [0, 0.1) is 5.41 Å². The van der Waals surface area contributed by atoms with E-state index < -0.39 is 0 Å². The number of aliphatic imine (C=N–C) groups is 1. The summed E-state index contributed by atoms with van der Waals surface area (Å²) in [5.41, 5.74) is 1.87. The van der Waals surface area contributed by atoms with Crippen molar-refractivity contribution in [1.82, 2.24) is 0 Å². The third kappa shape index (κ3) is 2.05. The highest BCUT2D eigenvalue weighted by molar-refractivity contribution is 5.90. The van der Waals surface area contributed by atoms with Gasteiger partial charge >= 0.3 is 0 Å². The molecule has 11 heavy (non-hydrogen) atoms. The van der Waals surface area contributed by atoms with Crippen molar-refractivity contribution in [2.24, 2.45) is 10.4 Å². The molecule has 0 N–H and O–H groups in total. The maximum atomic E-state index is 4.54. The van der Waals surface area contributed by atoms with Crippen molar-refractivity contribution < 1.29 is 0 Å². The summed E-state index contributed by atoms with van der Waals surface area (Å²) < 4.78 is 0. The third-order valence-corrected chi connectivity index (χ3v) is 2.59. The highest BCUT2D eigenvalue weighted by atomic mass is 14.8. The molecule has 0 aromatic heterocycles. The normalized spacial score (nSPS) is 21.9. The second kappa shape index (κ2) is 3.38. The van der Waals surface area contributed by atoms with E-state index in [2.05, 4.69) is 25.8 Å². The molecule has 1 aliphatic heterocycles. The zero-order valence-corrected chi connectivity index (χ0v) is 7.98. The van der Waals surface area contributed by atoms with Crippen LogP contribution in [-0.4, -0.2) is 12.3 Å². The summed E-state index contributed by atoms with van der Waals surface area (Å²) >= 11 is 0. The van der Waals surface area contributed by atoms with Gasteiger partial charge in [-0.3, -0.25) is 4.99 Å². The SMILES string of the molecule is CCCCC1=NCCC1(C)C. The van der Waals surface area contributed by atoms with Crippen molar-refractivity contribution in [3.8, 4) is 0 Å². The van der Waals surface area contributed by atoms with Gasteiger partial charge in [-0.1, -0.05) is 27.2 Å². The zero-order valence-electron chi connectivity index (χ0n) is 7.98. The van der Waals surface area contributed by atoms with Gasteiger partial charge < -0.3 is 0 Å². The van der Waals surface area contributed by atoms with Crippen LogP contribution >= 0.6 is 0 Å². The molecule has 64 valence electrons. The third-order valence-electron chi connectivity index (χ3n) is 2.59. The maximum Gasteiger partial charge on any atom is 0.0397 e. The Morgan fingerprint density at radius 3 is 2.64 bits per heavy atom. The lowest BCUT2D eigenvalue weighted by Gasteiger charge is -2.19. The summed E-state index contributed by atoms with van der Waals surface area (Å²) in [6.07, 6.45) is 5.08. The van der Waals surface area contributed by atoms with E-state index in [4.69, 9.17) is 0 Å². The quantitative estimate of drug-likeness (QED) is 0.591. The summed E-state index contributed by atoms with van der Waals surface area (Å²) in [5.74, 6) is 0. The molecule has 0 aromatic carbocycles. The van der Waals surface area contributed by atoms with Crippen LogP contribution in [0.4, 0.5) is 0 Å². The van der Waals surface area contributed by atoms with Crippen LogP contribution in [0.15, 0.2) is 4.99 Å². The van der Waals surface area contributed by atoms with E-state index in [0.29, 0.717) is 5.41 Å². The Kier molecular flexibility index (Phi) is 2.69. The Balaban J connectivity index is 2.44. The van der Waals surface area contributed by atoms with Gasteiger partial charge in [0.05, 0.1) is 0 Å². The number of hydrogen-bond acceptors (Lipinski definition) is 1. The lowest BCUT2D eigenvalue weighted by Crippen LogP contribution is -2.19. The van der Waals surface area contributed by atoms with Crippen molar-refractivity contribution in [3.05, 3.63) is 0 Å². The Morgan fingerprint density at radius 2 is 2.18 bits per heavy atom. The van der Waals surface area contributed by atoms with Crippen molar-refractivity contribution >= 4 is 5.71 Å². The molecule has 0 radical (unpaired) electrons. The van der Waals surface area contributed by atoms with Crippen LogP contribution in [-0.2, 0) is 0 Å². The smallest absolute Gasteiger partial charge is 0.0397 e. The van der Waals surface area contributed by atoms with Crippen LogP contribution in [0.25, 0.3) is 0 Å². The van der Waals surface area contributed by atoms with Crippen LogP contribution in [0.3, 0.4) is 0 Å². The summed E-state index contributed by atoms with van der Waals surface area (Å²) in [6, 6.07) is 0. The van der Waals surface area contributed by atoms with E-state index in [-0.39, 0.29) is 0 Å². The molecule has 0 atom stereocenters. The second-order valence-electron chi connectivity index (χ2n) is 4.07. The molecule has 1 rings (SSSR count). The van der Waals surface area contributed by atoms with Gasteiger partial charge in [-0.25, -0.2) is 0 Å². The van der Waals surface area contributed by atoms with Crippen molar-refractivity contribution in [2.45, 2.75) is 46.5 Å². The number of hydrogen-bond donors (Lipinski definition) is 0. The Bertz CT molecular complexity index is 156. The van der Waals surface area contributed by atoms with Crippen LogP contribution in [0.1, 0.15) is 46.5 Å². The molecular formula is C10H19N. The lowest BCUT2D eigenvalue weighted by molar-refractivity contribution is 0.509. The monoisotopic (exact) mass is 153 g/mol. The molecule has 0 aliphatic carbocycles. The number of rotatable bonds is 3. The van der Waals surface area contributed by atoms with Crippen molar-refractivity contribution in [1.29, 1.82) is 0 Å². The largest absolute Gasteiger partial charge is 0.294 e. The van der Waals surface area contributed by atoms with E-state index in [1.54, 1.807) is 0 Å². The van der Waals surface area contributed by atoms with E-state index in [0.717, 1.165) is 6.54 Å². The highest BCUT2D eigenvalue weighted by Gasteiger charge is 2.27. The van der Waals surface area contributed by atoms with Crippen LogP contribution in [0.5, 0.6) is 0 Å². The molecule has 0 amide bonds. The Morgan fingerprint density at radius 1 is 1.45 bits per heavy atom. The second-order valence-corrected chi connectivity index (χ2v) is 4.07. The molecule has 0 aromatic rings. The minimum atomic E-state index is 0.412. The van der Waals surface area contributed by atoms with Gasteiger partial charge in [0.1, 0.15) is 0 Å². The van der Waals surface area contributed by atoms with Gasteiger partial charge in [0, 0.05) is 17.7 Å². The van der Waals surface area contributed by atoms with Gasteiger partial charge in [-0.2, -0.15) is 0 Å². The molecule has 1 heteroatoms. The van der Waals surface area contributed by atoms with E-state index in [1.807, 2.05) is 0 Å². The first kappa shape index (κ1) is 8.76. The standard InChI is InChI=1S/C10H19N/c1-4-5-6-9-10(2,3)7-8-11-9/h4-8H2,1-3H3. The molecule has 0 spiro atoms. The number of unbranched alkanes of at least 4 members (excludes halogenated alkanes) is 1. The first-order chi connectivity index (χ1) is 5.17. The van der Waals surface area contributed by atoms with Gasteiger partial charge in [-0.05, 0) is 19.3 Å². The fourth-order valence-corrected chi connectivity index (χ4v) is 1.59. The number of nitrogens with zero attached hydrogens (tertiary/aromatic N) is 1. The Labute approximate surface area is 69.9 Å². The highest BCUT2D eigenvalue weighted by Crippen LogP contribution is 2.30. The molecule has 0 fully saturated rings. The predicted molar refractivity (Wildman–Crippen MR) is 50.2 cm³/mol. The molecule has 0 bridgehead atoms. The molecule has 0 unspecified atom stereocenters. The zero-order chi connectivity index (χ0) is 8.32. The predicted octanol–water partition coefficient (Wildman–Crippen LogP) is 3.05. The maximum absolute atomic E-state index is 4.54. The van der Waals surface area contributed by atoms with E-state index >= 15 is 0 Å². The average molecular weight is 153 g/mol. The van der Waals surface area contributed by atoms with Gasteiger partial charge in [0.25, 0.3) is 0 Å². The van der Waals surface area contributed by atoms with Crippen molar-refractivity contribution in [2.75, 3.05) is 6.54 Å². The minimum Gasteiger partial charge on any atom is -0.294 e. The van der Waals surface area contributed by atoms with Gasteiger partial charge in [-0.15, -0.1) is 0 Å². The molecule has 1 nitrogen and oxygen atoms in total. The summed E-state index contributed by atoms with van der Waals surface area (Å²) in [5, 5.41) is 0. The fourth-order valence-electron chi connectivity index (χ4n) is 1.59. The summed E-state index contributed by atoms with van der Waals surface area (Å²) in [7, 11) is 0. The lowest BCUT2D eigenvalue weighted by atomic mass is 9.84. The topological polar surface area (TPSA) is 12.4 Å². The molecule has 1 heterocycles. The summed E-state index contributed by atoms with van der Waals surface area (Å²) in [4.78, 5) is 4.54. The van der Waals surface area contributed by atoms with E-state index in [9.17, 15) is 0 Å².